The van der Waals surface area contributed by atoms with Gasteiger partial charge in [0.1, 0.15) is 5.58 Å². The maximum Gasteiger partial charge on any atom is 0.345 e. The largest absolute Gasteiger partial charge is 0.422 e. The second-order valence-corrected chi connectivity index (χ2v) is 7.18. The van der Waals surface area contributed by atoms with E-state index in [0.29, 0.717) is 22.4 Å². The number of amides is 1. The van der Waals surface area contributed by atoms with E-state index in [2.05, 4.69) is 0 Å². The number of anilines is 1. The highest BCUT2D eigenvalue weighted by Crippen LogP contribution is 2.32. The fourth-order valence-electron chi connectivity index (χ4n) is 3.10. The molecular formula is C21H17NO3S. The molecule has 0 saturated carbocycles. The number of hydrogen-bond donors (Lipinski definition) is 0. The number of aryl methyl sites for hydroxylation is 1. The first kappa shape index (κ1) is 16.5. The zero-order valence-corrected chi connectivity index (χ0v) is 15.3. The van der Waals surface area contributed by atoms with E-state index >= 15 is 0 Å². The molecule has 0 aliphatic heterocycles. The number of nitrogens with zero attached hydrogens (tertiary/aromatic N) is 1. The van der Waals surface area contributed by atoms with Crippen LogP contribution in [0.5, 0.6) is 0 Å². The summed E-state index contributed by atoms with van der Waals surface area (Å²) < 4.78 is 6.22. The van der Waals surface area contributed by atoms with Crippen LogP contribution in [0.4, 0.5) is 5.69 Å². The van der Waals surface area contributed by atoms with Gasteiger partial charge in [0.2, 0.25) is 0 Å². The maximum atomic E-state index is 13.1. The lowest BCUT2D eigenvalue weighted by atomic mass is 10.1. The predicted molar refractivity (Wildman–Crippen MR) is 106 cm³/mol. The highest BCUT2D eigenvalue weighted by molar-refractivity contribution is 7.21. The van der Waals surface area contributed by atoms with E-state index in [9.17, 15) is 9.59 Å². The number of hydrogen-bond acceptors (Lipinski definition) is 4. The van der Waals surface area contributed by atoms with Crippen LogP contribution in [0.3, 0.4) is 0 Å². The standard InChI is InChI=1S/C21H17NO3S/c1-3-22(14-7-5-4-6-8-14)20(23)18-12-16-19(26-18)15-11-13(2)9-10-17(15)25-21(16)24/h4-12H,3H2,1-2H3. The average molecular weight is 363 g/mol. The third kappa shape index (κ3) is 2.70. The van der Waals surface area contributed by atoms with Crippen molar-refractivity contribution in [2.75, 3.05) is 11.4 Å². The van der Waals surface area contributed by atoms with Crippen LogP contribution in [0.15, 0.2) is 63.8 Å². The summed E-state index contributed by atoms with van der Waals surface area (Å²) in [4.78, 5) is 27.6. The molecule has 0 unspecified atom stereocenters. The second-order valence-electron chi connectivity index (χ2n) is 6.13. The van der Waals surface area contributed by atoms with Crippen molar-refractivity contribution >= 4 is 44.0 Å². The predicted octanol–water partition coefficient (Wildman–Crippen LogP) is 4.98. The molecule has 0 N–H and O–H groups in total. The molecular weight excluding hydrogens is 346 g/mol. The Balaban J connectivity index is 1.88. The molecule has 0 fully saturated rings. The van der Waals surface area contributed by atoms with E-state index in [0.717, 1.165) is 21.3 Å². The van der Waals surface area contributed by atoms with Crippen molar-refractivity contribution in [3.8, 4) is 0 Å². The quantitative estimate of drug-likeness (QED) is 0.482. The summed E-state index contributed by atoms with van der Waals surface area (Å²) in [6.07, 6.45) is 0. The molecule has 0 saturated heterocycles. The molecule has 0 bridgehead atoms. The molecule has 4 aromatic rings. The van der Waals surface area contributed by atoms with Crippen molar-refractivity contribution in [1.29, 1.82) is 0 Å². The highest BCUT2D eigenvalue weighted by Gasteiger charge is 2.21. The highest BCUT2D eigenvalue weighted by atomic mass is 32.1. The van der Waals surface area contributed by atoms with E-state index in [-0.39, 0.29) is 5.91 Å². The minimum absolute atomic E-state index is 0.111. The van der Waals surface area contributed by atoms with Crippen molar-refractivity contribution in [2.24, 2.45) is 0 Å². The van der Waals surface area contributed by atoms with Gasteiger partial charge in [-0.3, -0.25) is 4.79 Å². The fourth-order valence-corrected chi connectivity index (χ4v) is 4.21. The van der Waals surface area contributed by atoms with Crippen LogP contribution in [0.25, 0.3) is 21.1 Å². The molecule has 4 nitrogen and oxygen atoms in total. The van der Waals surface area contributed by atoms with Crippen molar-refractivity contribution < 1.29 is 9.21 Å². The Labute approximate surface area is 154 Å². The first-order chi connectivity index (χ1) is 12.6. The van der Waals surface area contributed by atoms with E-state index in [1.165, 1.54) is 11.3 Å². The second kappa shape index (κ2) is 6.42. The van der Waals surface area contributed by atoms with Crippen molar-refractivity contribution in [1.82, 2.24) is 0 Å². The molecule has 0 aliphatic carbocycles. The molecule has 0 aliphatic rings. The smallest absolute Gasteiger partial charge is 0.345 e. The van der Waals surface area contributed by atoms with Crippen LogP contribution in [0.2, 0.25) is 0 Å². The molecule has 2 heterocycles. The number of rotatable bonds is 3. The van der Waals surface area contributed by atoms with Crippen molar-refractivity contribution in [3.05, 3.63) is 75.5 Å². The van der Waals surface area contributed by atoms with Crippen LogP contribution in [0, 0.1) is 6.92 Å². The van der Waals surface area contributed by atoms with E-state index in [1.54, 1.807) is 17.0 Å². The van der Waals surface area contributed by atoms with Gasteiger partial charge in [-0.15, -0.1) is 11.3 Å². The molecule has 0 radical (unpaired) electrons. The van der Waals surface area contributed by atoms with Crippen LogP contribution in [-0.2, 0) is 0 Å². The van der Waals surface area contributed by atoms with Gasteiger partial charge in [-0.05, 0) is 44.2 Å². The number of benzene rings is 2. The Morgan fingerprint density at radius 2 is 1.85 bits per heavy atom. The average Bonchev–Trinajstić information content (AvgIpc) is 3.10. The number of carbonyl (C=O) groups is 1. The van der Waals surface area contributed by atoms with Crippen molar-refractivity contribution in [2.45, 2.75) is 13.8 Å². The Morgan fingerprint density at radius 1 is 1.08 bits per heavy atom. The molecule has 0 atom stereocenters. The number of para-hydroxylation sites is 1. The Morgan fingerprint density at radius 3 is 2.58 bits per heavy atom. The number of fused-ring (bicyclic) bond motifs is 3. The summed E-state index contributed by atoms with van der Waals surface area (Å²) in [6.45, 7) is 4.47. The van der Waals surface area contributed by atoms with Crippen LogP contribution >= 0.6 is 11.3 Å². The van der Waals surface area contributed by atoms with Gasteiger partial charge in [-0.25, -0.2) is 4.79 Å². The Bertz CT molecular complexity index is 1170. The lowest BCUT2D eigenvalue weighted by Crippen LogP contribution is -2.29. The summed E-state index contributed by atoms with van der Waals surface area (Å²) in [5.41, 5.74) is 2.05. The SMILES string of the molecule is CCN(C(=O)c1cc2c(=O)oc3ccc(C)cc3c2s1)c1ccccc1. The molecule has 0 spiro atoms. The Kier molecular flexibility index (Phi) is 4.09. The lowest BCUT2D eigenvalue weighted by Gasteiger charge is -2.20. The normalized spacial score (nSPS) is 11.2. The summed E-state index contributed by atoms with van der Waals surface area (Å²) in [7, 11) is 0. The summed E-state index contributed by atoms with van der Waals surface area (Å²) >= 11 is 1.34. The molecule has 5 heteroatoms. The Hall–Kier alpha value is -2.92. The third-order valence-electron chi connectivity index (χ3n) is 4.37. The van der Waals surface area contributed by atoms with E-state index in [1.807, 2.05) is 56.3 Å². The first-order valence-electron chi connectivity index (χ1n) is 8.42. The van der Waals surface area contributed by atoms with Gasteiger partial charge in [0.25, 0.3) is 5.91 Å². The van der Waals surface area contributed by atoms with Crippen LogP contribution in [0.1, 0.15) is 22.2 Å². The zero-order valence-electron chi connectivity index (χ0n) is 14.5. The summed E-state index contributed by atoms with van der Waals surface area (Å²) in [5.74, 6) is -0.111. The monoisotopic (exact) mass is 363 g/mol. The van der Waals surface area contributed by atoms with Gasteiger partial charge in [0.05, 0.1) is 15.0 Å². The van der Waals surface area contributed by atoms with Gasteiger partial charge in [-0.2, -0.15) is 0 Å². The lowest BCUT2D eigenvalue weighted by molar-refractivity contribution is 0.0992. The first-order valence-corrected chi connectivity index (χ1v) is 9.24. The van der Waals surface area contributed by atoms with Crippen LogP contribution < -0.4 is 10.5 Å². The molecule has 130 valence electrons. The molecule has 2 aromatic heterocycles. The summed E-state index contributed by atoms with van der Waals surface area (Å²) in [5, 5.41) is 1.33. The molecule has 2 aromatic carbocycles. The van der Waals surface area contributed by atoms with E-state index in [4.69, 9.17) is 4.42 Å². The van der Waals surface area contributed by atoms with Gasteiger partial charge in [0, 0.05) is 17.6 Å². The fraction of sp³-hybridized carbons (Fsp3) is 0.143. The topological polar surface area (TPSA) is 50.5 Å². The van der Waals surface area contributed by atoms with Gasteiger partial charge in [0.15, 0.2) is 0 Å². The van der Waals surface area contributed by atoms with Gasteiger partial charge >= 0.3 is 5.63 Å². The summed E-state index contributed by atoms with van der Waals surface area (Å²) in [6, 6.07) is 16.9. The molecule has 1 amide bonds. The van der Waals surface area contributed by atoms with Crippen LogP contribution in [-0.4, -0.2) is 12.5 Å². The minimum Gasteiger partial charge on any atom is -0.422 e. The van der Waals surface area contributed by atoms with Crippen molar-refractivity contribution in [3.63, 3.8) is 0 Å². The van der Waals surface area contributed by atoms with Gasteiger partial charge in [-0.1, -0.05) is 29.8 Å². The number of carbonyl (C=O) groups excluding carboxylic acids is 1. The van der Waals surface area contributed by atoms with E-state index < -0.39 is 5.63 Å². The minimum atomic E-state index is -0.408. The number of thiophene rings is 1. The maximum absolute atomic E-state index is 13.1. The zero-order chi connectivity index (χ0) is 18.3. The molecule has 4 rings (SSSR count). The van der Waals surface area contributed by atoms with Gasteiger partial charge < -0.3 is 9.32 Å². The molecule has 26 heavy (non-hydrogen) atoms. The third-order valence-corrected chi connectivity index (χ3v) is 5.53.